The van der Waals surface area contributed by atoms with Crippen LogP contribution in [-0.4, -0.2) is 34.8 Å². The Hall–Kier alpha value is -0.610. The van der Waals surface area contributed by atoms with Crippen molar-refractivity contribution < 1.29 is 14.7 Å². The highest BCUT2D eigenvalue weighted by Gasteiger charge is 2.45. The van der Waals surface area contributed by atoms with E-state index in [-0.39, 0.29) is 5.91 Å². The number of carbonyl (C=O) groups excluding carboxylic acids is 1. The van der Waals surface area contributed by atoms with Gasteiger partial charge in [0.25, 0.3) is 0 Å². The van der Waals surface area contributed by atoms with Crippen molar-refractivity contribution >= 4 is 5.91 Å². The molecule has 0 radical (unpaired) electrons. The fourth-order valence-electron chi connectivity index (χ4n) is 1.54. The van der Waals surface area contributed by atoms with E-state index in [0.717, 1.165) is 0 Å². The van der Waals surface area contributed by atoms with Gasteiger partial charge in [-0.3, -0.25) is 9.63 Å². The number of aliphatic hydroxyl groups is 1. The first-order valence-electron chi connectivity index (χ1n) is 4.07. The highest BCUT2D eigenvalue weighted by molar-refractivity contribution is 5.78. The molecular weight excluding hydrogens is 158 g/mol. The Morgan fingerprint density at radius 3 is 2.67 bits per heavy atom. The van der Waals surface area contributed by atoms with Crippen LogP contribution in [0.25, 0.3) is 0 Å². The van der Waals surface area contributed by atoms with E-state index in [4.69, 9.17) is 4.84 Å². The molecule has 1 heterocycles. The Morgan fingerprint density at radius 2 is 2.33 bits per heavy atom. The third-order valence-corrected chi connectivity index (χ3v) is 2.62. The van der Waals surface area contributed by atoms with Gasteiger partial charge in [-0.1, -0.05) is 0 Å². The molecule has 70 valence electrons. The minimum Gasteiger partial charge on any atom is -0.391 e. The summed E-state index contributed by atoms with van der Waals surface area (Å²) >= 11 is 0. The summed E-state index contributed by atoms with van der Waals surface area (Å²) in [7, 11) is 1.45. The summed E-state index contributed by atoms with van der Waals surface area (Å²) in [6.45, 7) is 3.50. The number of hydroxylamine groups is 2. The van der Waals surface area contributed by atoms with Gasteiger partial charge in [-0.25, -0.2) is 5.06 Å². The lowest BCUT2D eigenvalue weighted by molar-refractivity contribution is -0.207. The van der Waals surface area contributed by atoms with Gasteiger partial charge < -0.3 is 5.11 Å². The number of aliphatic hydroxyl groups excluding tert-OH is 1. The third-order valence-electron chi connectivity index (χ3n) is 2.62. The molecule has 2 atom stereocenters. The van der Waals surface area contributed by atoms with Crippen LogP contribution in [0.5, 0.6) is 0 Å². The first-order valence-corrected chi connectivity index (χ1v) is 4.07. The molecule has 0 saturated carbocycles. The van der Waals surface area contributed by atoms with Gasteiger partial charge in [-0.05, 0) is 20.3 Å². The second kappa shape index (κ2) is 3.03. The van der Waals surface area contributed by atoms with E-state index in [2.05, 4.69) is 0 Å². The van der Waals surface area contributed by atoms with E-state index in [1.165, 1.54) is 12.2 Å². The van der Waals surface area contributed by atoms with Crippen LogP contribution in [0.3, 0.4) is 0 Å². The van der Waals surface area contributed by atoms with E-state index < -0.39 is 11.6 Å². The fraction of sp³-hybridized carbons (Fsp3) is 0.875. The van der Waals surface area contributed by atoms with Crippen molar-refractivity contribution in [1.82, 2.24) is 5.06 Å². The van der Waals surface area contributed by atoms with Gasteiger partial charge in [0.2, 0.25) is 5.91 Å². The summed E-state index contributed by atoms with van der Waals surface area (Å²) in [5.41, 5.74) is -0.550. The minimum absolute atomic E-state index is 0.0547. The van der Waals surface area contributed by atoms with E-state index >= 15 is 0 Å². The molecule has 4 heteroatoms. The molecule has 4 nitrogen and oxygen atoms in total. The molecule has 1 N–H and O–H groups in total. The van der Waals surface area contributed by atoms with Crippen LogP contribution in [0, 0.1) is 0 Å². The fourth-order valence-corrected chi connectivity index (χ4v) is 1.54. The predicted octanol–water partition coefficient (Wildman–Crippen LogP) is 0.310. The van der Waals surface area contributed by atoms with Crippen molar-refractivity contribution in [1.29, 1.82) is 0 Å². The van der Waals surface area contributed by atoms with E-state index in [0.29, 0.717) is 12.8 Å². The largest absolute Gasteiger partial charge is 0.391 e. The summed E-state index contributed by atoms with van der Waals surface area (Å²) < 4.78 is 0. The maximum atomic E-state index is 11.2. The Bertz CT molecular complexity index is 193. The van der Waals surface area contributed by atoms with Crippen molar-refractivity contribution in [2.45, 2.75) is 38.3 Å². The lowest BCUT2D eigenvalue weighted by Crippen LogP contribution is -2.50. The lowest BCUT2D eigenvalue weighted by Gasteiger charge is -2.35. The first-order chi connectivity index (χ1) is 5.52. The summed E-state index contributed by atoms with van der Waals surface area (Å²) in [4.78, 5) is 16.1. The molecule has 1 saturated heterocycles. The molecule has 1 rings (SSSR count). The Kier molecular flexibility index (Phi) is 2.39. The predicted molar refractivity (Wildman–Crippen MR) is 43.2 cm³/mol. The first kappa shape index (κ1) is 9.48. The Morgan fingerprint density at radius 1 is 1.75 bits per heavy atom. The molecule has 1 amide bonds. The molecule has 0 spiro atoms. The van der Waals surface area contributed by atoms with Gasteiger partial charge in [0.1, 0.15) is 0 Å². The summed E-state index contributed by atoms with van der Waals surface area (Å²) in [5, 5.41) is 10.7. The molecule has 0 aromatic carbocycles. The highest BCUT2D eigenvalue weighted by Crippen LogP contribution is 2.32. The number of amides is 1. The van der Waals surface area contributed by atoms with Gasteiger partial charge in [-0.15, -0.1) is 0 Å². The van der Waals surface area contributed by atoms with E-state index in [9.17, 15) is 9.90 Å². The normalized spacial score (nSPS) is 32.7. The average molecular weight is 173 g/mol. The van der Waals surface area contributed by atoms with E-state index in [1.807, 2.05) is 6.92 Å². The second-order valence-corrected chi connectivity index (χ2v) is 3.40. The second-order valence-electron chi connectivity index (χ2n) is 3.40. The molecule has 1 aliphatic heterocycles. The van der Waals surface area contributed by atoms with Crippen LogP contribution >= 0.6 is 0 Å². The van der Waals surface area contributed by atoms with Crippen LogP contribution in [0.1, 0.15) is 26.7 Å². The Labute approximate surface area is 72.1 Å². The van der Waals surface area contributed by atoms with Crippen LogP contribution in [0.15, 0.2) is 0 Å². The van der Waals surface area contributed by atoms with Gasteiger partial charge >= 0.3 is 0 Å². The highest BCUT2D eigenvalue weighted by atomic mass is 16.7. The van der Waals surface area contributed by atoms with Crippen LogP contribution < -0.4 is 0 Å². The third kappa shape index (κ3) is 1.21. The van der Waals surface area contributed by atoms with Crippen molar-refractivity contribution in [3.05, 3.63) is 0 Å². The zero-order valence-corrected chi connectivity index (χ0v) is 7.70. The molecule has 0 unspecified atom stereocenters. The van der Waals surface area contributed by atoms with Crippen molar-refractivity contribution in [3.63, 3.8) is 0 Å². The standard InChI is InChI=1S/C8H15NO3/c1-6(10)8(2)5-4-7(11)9(8)12-3/h6,10H,4-5H2,1-3H3/t6-,8+/m0/s1. The maximum Gasteiger partial charge on any atom is 0.246 e. The number of rotatable bonds is 2. The van der Waals surface area contributed by atoms with Gasteiger partial charge in [0, 0.05) is 6.42 Å². The zero-order chi connectivity index (χ0) is 9.35. The molecule has 0 aromatic rings. The SMILES string of the molecule is CON1C(=O)CC[C@]1(C)[C@H](C)O. The number of hydrogen-bond donors (Lipinski definition) is 1. The van der Waals surface area contributed by atoms with E-state index in [1.54, 1.807) is 6.92 Å². The lowest BCUT2D eigenvalue weighted by atomic mass is 9.94. The number of nitrogens with zero attached hydrogens (tertiary/aromatic N) is 1. The minimum atomic E-state index is -0.566. The molecule has 1 fully saturated rings. The van der Waals surface area contributed by atoms with Crippen LogP contribution in [-0.2, 0) is 9.63 Å². The molecule has 0 bridgehead atoms. The topological polar surface area (TPSA) is 49.8 Å². The molecule has 0 aromatic heterocycles. The Balaban J connectivity index is 2.84. The summed E-state index contributed by atoms with van der Waals surface area (Å²) in [6, 6.07) is 0. The zero-order valence-electron chi connectivity index (χ0n) is 7.70. The smallest absolute Gasteiger partial charge is 0.246 e. The molecule has 0 aliphatic carbocycles. The molecular formula is C8H15NO3. The monoisotopic (exact) mass is 173 g/mol. The number of carbonyl (C=O) groups is 1. The average Bonchev–Trinajstić information content (AvgIpc) is 2.29. The van der Waals surface area contributed by atoms with Crippen LogP contribution in [0.4, 0.5) is 0 Å². The summed E-state index contributed by atoms with van der Waals surface area (Å²) in [6.07, 6.45) is 0.538. The molecule has 1 aliphatic rings. The van der Waals surface area contributed by atoms with Crippen molar-refractivity contribution in [3.8, 4) is 0 Å². The summed E-state index contributed by atoms with van der Waals surface area (Å²) in [5.74, 6) is -0.0547. The number of hydrogen-bond acceptors (Lipinski definition) is 3. The quantitative estimate of drug-likeness (QED) is 0.653. The van der Waals surface area contributed by atoms with Gasteiger partial charge in [0.15, 0.2) is 0 Å². The van der Waals surface area contributed by atoms with Crippen LogP contribution in [0.2, 0.25) is 0 Å². The molecule has 12 heavy (non-hydrogen) atoms. The van der Waals surface area contributed by atoms with Crippen molar-refractivity contribution in [2.24, 2.45) is 0 Å². The van der Waals surface area contributed by atoms with Crippen molar-refractivity contribution in [2.75, 3.05) is 7.11 Å². The maximum absolute atomic E-state index is 11.2. The van der Waals surface area contributed by atoms with Gasteiger partial charge in [-0.2, -0.15) is 0 Å². The van der Waals surface area contributed by atoms with Gasteiger partial charge in [0.05, 0.1) is 18.8 Å².